The molecule has 0 bridgehead atoms. The quantitative estimate of drug-likeness (QED) is 0.872. The molecule has 2 aromatic rings. The van der Waals surface area contributed by atoms with Crippen LogP contribution in [-0.2, 0) is 0 Å². The summed E-state index contributed by atoms with van der Waals surface area (Å²) in [5, 5.41) is 5.82. The molecule has 0 atom stereocenters. The molecule has 0 spiro atoms. The fraction of sp³-hybridized carbons (Fsp3) is 0.214. The zero-order chi connectivity index (χ0) is 14.4. The second kappa shape index (κ2) is 6.51. The number of methoxy groups -OCH3 is 1. The second-order valence-electron chi connectivity index (χ2n) is 3.97. The number of pyridine rings is 2. The van der Waals surface area contributed by atoms with E-state index >= 15 is 0 Å². The summed E-state index contributed by atoms with van der Waals surface area (Å²) in [6.07, 6.45) is 3.18. The summed E-state index contributed by atoms with van der Waals surface area (Å²) >= 11 is 0. The van der Waals surface area contributed by atoms with Gasteiger partial charge in [0, 0.05) is 18.8 Å². The van der Waals surface area contributed by atoms with Crippen LogP contribution < -0.4 is 15.4 Å². The van der Waals surface area contributed by atoms with Crippen molar-refractivity contribution >= 4 is 17.4 Å². The Labute approximate surface area is 117 Å². The normalized spacial score (nSPS) is 9.90. The standard InChI is InChI=1S/C14H16N4O2/c1-3-15-13-11(5-4-8-16-13)14(19)18-10-6-7-12(20-2)17-9-10/h4-9H,3H2,1-2H3,(H,15,16)(H,18,19). The molecule has 0 radical (unpaired) electrons. The highest BCUT2D eigenvalue weighted by molar-refractivity contribution is 6.07. The Balaban J connectivity index is 2.15. The molecule has 6 nitrogen and oxygen atoms in total. The van der Waals surface area contributed by atoms with Gasteiger partial charge in [0.25, 0.3) is 5.91 Å². The highest BCUT2D eigenvalue weighted by Crippen LogP contribution is 2.15. The van der Waals surface area contributed by atoms with Crippen molar-refractivity contribution in [2.24, 2.45) is 0 Å². The van der Waals surface area contributed by atoms with Crippen LogP contribution >= 0.6 is 0 Å². The summed E-state index contributed by atoms with van der Waals surface area (Å²) in [6, 6.07) is 6.86. The van der Waals surface area contributed by atoms with Gasteiger partial charge in [-0.05, 0) is 25.1 Å². The first-order chi connectivity index (χ1) is 9.74. The minimum Gasteiger partial charge on any atom is -0.481 e. The minimum atomic E-state index is -0.235. The highest BCUT2D eigenvalue weighted by atomic mass is 16.5. The molecule has 20 heavy (non-hydrogen) atoms. The third-order valence-corrected chi connectivity index (χ3v) is 2.60. The summed E-state index contributed by atoms with van der Waals surface area (Å²) in [7, 11) is 1.54. The summed E-state index contributed by atoms with van der Waals surface area (Å²) < 4.78 is 4.97. The smallest absolute Gasteiger partial charge is 0.259 e. The lowest BCUT2D eigenvalue weighted by atomic mass is 10.2. The number of anilines is 2. The molecule has 104 valence electrons. The average molecular weight is 272 g/mol. The van der Waals surface area contributed by atoms with Gasteiger partial charge >= 0.3 is 0 Å². The molecule has 2 N–H and O–H groups in total. The number of amides is 1. The van der Waals surface area contributed by atoms with Gasteiger partial charge in [0.05, 0.1) is 24.6 Å². The molecule has 2 heterocycles. The van der Waals surface area contributed by atoms with E-state index in [0.29, 0.717) is 29.5 Å². The van der Waals surface area contributed by atoms with Gasteiger partial charge in [0.2, 0.25) is 5.88 Å². The van der Waals surface area contributed by atoms with Crippen molar-refractivity contribution < 1.29 is 9.53 Å². The van der Waals surface area contributed by atoms with Gasteiger partial charge in [-0.2, -0.15) is 0 Å². The van der Waals surface area contributed by atoms with Crippen LogP contribution in [0.4, 0.5) is 11.5 Å². The monoisotopic (exact) mass is 272 g/mol. The highest BCUT2D eigenvalue weighted by Gasteiger charge is 2.12. The van der Waals surface area contributed by atoms with E-state index in [4.69, 9.17) is 4.74 Å². The molecular formula is C14H16N4O2. The first-order valence-corrected chi connectivity index (χ1v) is 6.25. The number of ether oxygens (including phenoxy) is 1. The first-order valence-electron chi connectivity index (χ1n) is 6.25. The van der Waals surface area contributed by atoms with Gasteiger partial charge in [-0.1, -0.05) is 0 Å². The van der Waals surface area contributed by atoms with Gasteiger partial charge in [-0.25, -0.2) is 9.97 Å². The summed E-state index contributed by atoms with van der Waals surface area (Å²) in [5.74, 6) is 0.827. The Hall–Kier alpha value is -2.63. The predicted molar refractivity (Wildman–Crippen MR) is 77.1 cm³/mol. The molecule has 1 amide bonds. The zero-order valence-corrected chi connectivity index (χ0v) is 11.4. The van der Waals surface area contributed by atoms with Crippen molar-refractivity contribution in [3.8, 4) is 5.88 Å². The Morgan fingerprint density at radius 2 is 2.15 bits per heavy atom. The zero-order valence-electron chi connectivity index (χ0n) is 11.4. The van der Waals surface area contributed by atoms with E-state index < -0.39 is 0 Å². The van der Waals surface area contributed by atoms with Gasteiger partial charge in [-0.3, -0.25) is 4.79 Å². The van der Waals surface area contributed by atoms with Crippen LogP contribution in [0.5, 0.6) is 5.88 Å². The van der Waals surface area contributed by atoms with Gasteiger partial charge in [0.1, 0.15) is 5.82 Å². The molecule has 0 aliphatic rings. The van der Waals surface area contributed by atoms with Gasteiger partial charge < -0.3 is 15.4 Å². The number of carbonyl (C=O) groups is 1. The number of nitrogens with zero attached hydrogens (tertiary/aromatic N) is 2. The maximum absolute atomic E-state index is 12.2. The molecule has 2 aromatic heterocycles. The summed E-state index contributed by atoms with van der Waals surface area (Å²) in [6.45, 7) is 2.64. The Kier molecular flexibility index (Phi) is 4.49. The molecule has 0 fully saturated rings. The summed E-state index contributed by atoms with van der Waals surface area (Å²) in [5.41, 5.74) is 1.09. The molecule has 0 unspecified atom stereocenters. The number of hydrogen-bond donors (Lipinski definition) is 2. The van der Waals surface area contributed by atoms with E-state index in [1.165, 1.54) is 0 Å². The van der Waals surface area contributed by atoms with E-state index in [-0.39, 0.29) is 5.91 Å². The number of hydrogen-bond acceptors (Lipinski definition) is 5. The topological polar surface area (TPSA) is 76.1 Å². The van der Waals surface area contributed by atoms with Gasteiger partial charge in [0.15, 0.2) is 0 Å². The minimum absolute atomic E-state index is 0.235. The third-order valence-electron chi connectivity index (χ3n) is 2.60. The average Bonchev–Trinajstić information content (AvgIpc) is 2.49. The van der Waals surface area contributed by atoms with Crippen molar-refractivity contribution in [3.05, 3.63) is 42.2 Å². The van der Waals surface area contributed by atoms with Crippen LogP contribution in [0.25, 0.3) is 0 Å². The maximum atomic E-state index is 12.2. The Bertz CT molecular complexity index is 584. The number of rotatable bonds is 5. The van der Waals surface area contributed by atoms with E-state index in [2.05, 4.69) is 20.6 Å². The summed E-state index contributed by atoms with van der Waals surface area (Å²) in [4.78, 5) is 20.4. The van der Waals surface area contributed by atoms with Crippen molar-refractivity contribution in [1.29, 1.82) is 0 Å². The van der Waals surface area contributed by atoms with Gasteiger partial charge in [-0.15, -0.1) is 0 Å². The number of carbonyl (C=O) groups excluding carboxylic acids is 1. The molecule has 0 aliphatic carbocycles. The SMILES string of the molecule is CCNc1ncccc1C(=O)Nc1ccc(OC)nc1. The van der Waals surface area contributed by atoms with Crippen LogP contribution in [0, 0.1) is 0 Å². The number of aromatic nitrogens is 2. The lowest BCUT2D eigenvalue weighted by Crippen LogP contribution is -2.15. The lowest BCUT2D eigenvalue weighted by molar-refractivity contribution is 0.102. The van der Waals surface area contributed by atoms with E-state index in [9.17, 15) is 4.79 Å². The third kappa shape index (κ3) is 3.23. The molecule has 6 heteroatoms. The predicted octanol–water partition coefficient (Wildman–Crippen LogP) is 2.17. The van der Waals surface area contributed by atoms with E-state index in [1.54, 1.807) is 43.8 Å². The van der Waals surface area contributed by atoms with Crippen LogP contribution in [0.1, 0.15) is 17.3 Å². The van der Waals surface area contributed by atoms with Crippen molar-refractivity contribution in [3.63, 3.8) is 0 Å². The molecule has 2 rings (SSSR count). The Morgan fingerprint density at radius 3 is 2.80 bits per heavy atom. The number of nitrogens with one attached hydrogen (secondary N) is 2. The molecule has 0 aromatic carbocycles. The van der Waals surface area contributed by atoms with Crippen molar-refractivity contribution in [2.75, 3.05) is 24.3 Å². The van der Waals surface area contributed by atoms with Crippen LogP contribution in [0.2, 0.25) is 0 Å². The largest absolute Gasteiger partial charge is 0.481 e. The van der Waals surface area contributed by atoms with Crippen LogP contribution in [-0.4, -0.2) is 29.5 Å². The fourth-order valence-electron chi connectivity index (χ4n) is 1.67. The molecule has 0 saturated heterocycles. The Morgan fingerprint density at radius 1 is 1.30 bits per heavy atom. The van der Waals surface area contributed by atoms with Crippen molar-refractivity contribution in [2.45, 2.75) is 6.92 Å². The van der Waals surface area contributed by atoms with Crippen molar-refractivity contribution in [1.82, 2.24) is 9.97 Å². The maximum Gasteiger partial charge on any atom is 0.259 e. The molecule has 0 saturated carbocycles. The first kappa shape index (κ1) is 13.8. The van der Waals surface area contributed by atoms with Crippen LogP contribution in [0.15, 0.2) is 36.7 Å². The second-order valence-corrected chi connectivity index (χ2v) is 3.97. The van der Waals surface area contributed by atoms with E-state index in [1.807, 2.05) is 6.92 Å². The van der Waals surface area contributed by atoms with E-state index in [0.717, 1.165) is 0 Å². The lowest BCUT2D eigenvalue weighted by Gasteiger charge is -2.10. The molecule has 0 aliphatic heterocycles. The molecular weight excluding hydrogens is 256 g/mol. The fourth-order valence-corrected chi connectivity index (χ4v) is 1.67. The van der Waals surface area contributed by atoms with Crippen LogP contribution in [0.3, 0.4) is 0 Å².